The number of hydrogen-bond donors (Lipinski definition) is 1. The molecular formula is C15H21NO3S. The Morgan fingerprint density at radius 3 is 2.60 bits per heavy atom. The van der Waals surface area contributed by atoms with Crippen LogP contribution < -0.4 is 0 Å². The Balaban J connectivity index is 3.07. The largest absolute Gasteiger partial charge is 0.395 e. The molecule has 0 heterocycles. The summed E-state index contributed by atoms with van der Waals surface area (Å²) < 4.78 is 26.0. The minimum Gasteiger partial charge on any atom is -0.395 e. The summed E-state index contributed by atoms with van der Waals surface area (Å²) in [6, 6.07) is 4.94. The molecule has 1 N–H and O–H groups in total. The van der Waals surface area contributed by atoms with Crippen LogP contribution in [0.25, 0.3) is 0 Å². The van der Waals surface area contributed by atoms with Gasteiger partial charge in [-0.15, -0.1) is 0 Å². The third-order valence-corrected chi connectivity index (χ3v) is 4.76. The van der Waals surface area contributed by atoms with E-state index >= 15 is 0 Å². The molecule has 1 rings (SSSR count). The van der Waals surface area contributed by atoms with Crippen molar-refractivity contribution in [3.05, 3.63) is 29.3 Å². The van der Waals surface area contributed by atoms with Crippen molar-refractivity contribution in [2.45, 2.75) is 31.6 Å². The Morgan fingerprint density at radius 1 is 1.35 bits per heavy atom. The molecule has 20 heavy (non-hydrogen) atoms. The summed E-state index contributed by atoms with van der Waals surface area (Å²) in [4.78, 5) is 0.290. The van der Waals surface area contributed by atoms with Crippen LogP contribution in [0.3, 0.4) is 0 Å². The fourth-order valence-corrected chi connectivity index (χ4v) is 3.11. The molecule has 0 saturated carbocycles. The molecule has 0 aliphatic heterocycles. The summed E-state index contributed by atoms with van der Waals surface area (Å²) in [6.45, 7) is 4.30. The molecule has 1 aromatic rings. The monoisotopic (exact) mass is 295 g/mol. The van der Waals surface area contributed by atoms with E-state index in [0.29, 0.717) is 17.9 Å². The van der Waals surface area contributed by atoms with Gasteiger partial charge in [-0.3, -0.25) is 0 Å². The topological polar surface area (TPSA) is 57.6 Å². The number of benzene rings is 1. The van der Waals surface area contributed by atoms with Crippen LogP contribution in [0.1, 0.15) is 30.9 Å². The van der Waals surface area contributed by atoms with Crippen molar-refractivity contribution < 1.29 is 13.5 Å². The number of aliphatic hydroxyl groups is 1. The SMILES string of the molecule is CCCN(C)S(=O)(=O)c1ccc(C#CCCO)c(C)c1. The van der Waals surface area contributed by atoms with Crippen LogP contribution in [0, 0.1) is 18.8 Å². The predicted octanol–water partition coefficient (Wildman–Crippen LogP) is 1.76. The number of rotatable bonds is 5. The smallest absolute Gasteiger partial charge is 0.242 e. The Kier molecular flexibility index (Phi) is 6.21. The first kappa shape index (κ1) is 16.7. The molecule has 0 bridgehead atoms. The van der Waals surface area contributed by atoms with E-state index < -0.39 is 10.0 Å². The fraction of sp³-hybridized carbons (Fsp3) is 0.467. The number of aryl methyl sites for hydroxylation is 1. The molecule has 0 radical (unpaired) electrons. The average molecular weight is 295 g/mol. The maximum absolute atomic E-state index is 12.3. The zero-order chi connectivity index (χ0) is 15.2. The van der Waals surface area contributed by atoms with Gasteiger partial charge in [-0.05, 0) is 37.1 Å². The molecule has 0 spiro atoms. The Hall–Kier alpha value is -1.35. The van der Waals surface area contributed by atoms with Gasteiger partial charge in [-0.1, -0.05) is 18.8 Å². The van der Waals surface area contributed by atoms with E-state index in [1.807, 2.05) is 13.8 Å². The van der Waals surface area contributed by atoms with Crippen LogP contribution in [0.15, 0.2) is 23.1 Å². The normalized spacial score (nSPS) is 11.2. The van der Waals surface area contributed by atoms with E-state index in [1.54, 1.807) is 25.2 Å². The lowest BCUT2D eigenvalue weighted by atomic mass is 10.1. The lowest BCUT2D eigenvalue weighted by Gasteiger charge is -2.16. The van der Waals surface area contributed by atoms with Gasteiger partial charge in [0.05, 0.1) is 11.5 Å². The lowest BCUT2D eigenvalue weighted by Crippen LogP contribution is -2.27. The van der Waals surface area contributed by atoms with Gasteiger partial charge in [0.2, 0.25) is 10.0 Å². The first-order valence-corrected chi connectivity index (χ1v) is 8.04. The van der Waals surface area contributed by atoms with E-state index in [-0.39, 0.29) is 6.61 Å². The zero-order valence-electron chi connectivity index (χ0n) is 12.2. The quantitative estimate of drug-likeness (QED) is 0.842. The number of nitrogens with zero attached hydrogens (tertiary/aromatic N) is 1. The summed E-state index contributed by atoms with van der Waals surface area (Å²) in [7, 11) is -1.83. The maximum atomic E-state index is 12.3. The average Bonchev–Trinajstić information content (AvgIpc) is 2.41. The van der Waals surface area contributed by atoms with Crippen molar-refractivity contribution in [2.24, 2.45) is 0 Å². The molecule has 5 heteroatoms. The molecule has 0 atom stereocenters. The molecule has 1 aromatic carbocycles. The molecule has 0 fully saturated rings. The highest BCUT2D eigenvalue weighted by Gasteiger charge is 2.20. The van der Waals surface area contributed by atoms with E-state index in [9.17, 15) is 8.42 Å². The van der Waals surface area contributed by atoms with Crippen LogP contribution in [-0.4, -0.2) is 38.0 Å². The summed E-state index contributed by atoms with van der Waals surface area (Å²) in [5.41, 5.74) is 1.61. The Morgan fingerprint density at radius 2 is 2.05 bits per heavy atom. The van der Waals surface area contributed by atoms with Gasteiger partial charge in [0, 0.05) is 25.6 Å². The summed E-state index contributed by atoms with van der Waals surface area (Å²) in [5.74, 6) is 5.76. The fourth-order valence-electron chi connectivity index (χ4n) is 1.77. The van der Waals surface area contributed by atoms with Gasteiger partial charge in [-0.25, -0.2) is 12.7 Å². The van der Waals surface area contributed by atoms with Gasteiger partial charge < -0.3 is 5.11 Å². The van der Waals surface area contributed by atoms with Gasteiger partial charge in [0.15, 0.2) is 0 Å². The van der Waals surface area contributed by atoms with Crippen LogP contribution in [0.2, 0.25) is 0 Å². The van der Waals surface area contributed by atoms with Gasteiger partial charge in [0.25, 0.3) is 0 Å². The highest BCUT2D eigenvalue weighted by atomic mass is 32.2. The van der Waals surface area contributed by atoms with Crippen molar-refractivity contribution in [3.8, 4) is 11.8 Å². The third-order valence-electron chi connectivity index (χ3n) is 2.90. The van der Waals surface area contributed by atoms with E-state index in [2.05, 4.69) is 11.8 Å². The maximum Gasteiger partial charge on any atom is 0.242 e. The van der Waals surface area contributed by atoms with E-state index in [1.165, 1.54) is 4.31 Å². The van der Waals surface area contributed by atoms with Gasteiger partial charge >= 0.3 is 0 Å². The van der Waals surface area contributed by atoms with Crippen LogP contribution >= 0.6 is 0 Å². The third kappa shape index (κ3) is 4.07. The molecule has 0 aromatic heterocycles. The molecule has 0 saturated heterocycles. The van der Waals surface area contributed by atoms with Gasteiger partial charge in [0.1, 0.15) is 0 Å². The highest BCUT2D eigenvalue weighted by molar-refractivity contribution is 7.89. The molecule has 0 unspecified atom stereocenters. The van der Waals surface area contributed by atoms with Crippen molar-refractivity contribution in [1.82, 2.24) is 4.31 Å². The van der Waals surface area contributed by atoms with Crippen molar-refractivity contribution in [3.63, 3.8) is 0 Å². The molecular weight excluding hydrogens is 274 g/mol. The minimum absolute atomic E-state index is 0.0281. The standard InChI is InChI=1S/C15H21NO3S/c1-4-10-16(3)20(18,19)15-9-8-14(13(2)12-15)7-5-6-11-17/h8-9,12,17H,4,6,10-11H2,1-3H3. The van der Waals surface area contributed by atoms with Gasteiger partial charge in [-0.2, -0.15) is 0 Å². The lowest BCUT2D eigenvalue weighted by molar-refractivity contribution is 0.305. The number of aliphatic hydroxyl groups excluding tert-OH is 1. The van der Waals surface area contributed by atoms with Crippen LogP contribution in [-0.2, 0) is 10.0 Å². The second-order valence-corrected chi connectivity index (χ2v) is 6.62. The summed E-state index contributed by atoms with van der Waals surface area (Å²) in [5, 5.41) is 8.69. The first-order chi connectivity index (χ1) is 9.43. The molecule has 110 valence electrons. The summed E-state index contributed by atoms with van der Waals surface area (Å²) >= 11 is 0. The van der Waals surface area contributed by atoms with Crippen LogP contribution in [0.4, 0.5) is 0 Å². The number of hydrogen-bond acceptors (Lipinski definition) is 3. The van der Waals surface area contributed by atoms with E-state index in [4.69, 9.17) is 5.11 Å². The van der Waals surface area contributed by atoms with E-state index in [0.717, 1.165) is 17.5 Å². The summed E-state index contributed by atoms with van der Waals surface area (Å²) in [6.07, 6.45) is 1.19. The Labute approximate surface area is 121 Å². The van der Waals surface area contributed by atoms with Crippen LogP contribution in [0.5, 0.6) is 0 Å². The second kappa shape index (κ2) is 7.44. The number of sulfonamides is 1. The highest BCUT2D eigenvalue weighted by Crippen LogP contribution is 2.18. The predicted molar refractivity (Wildman–Crippen MR) is 79.9 cm³/mol. The Bertz CT molecular complexity index is 612. The first-order valence-electron chi connectivity index (χ1n) is 6.60. The second-order valence-electron chi connectivity index (χ2n) is 4.58. The van der Waals surface area contributed by atoms with Crippen molar-refractivity contribution in [1.29, 1.82) is 0 Å². The molecule has 0 aliphatic rings. The molecule has 0 amide bonds. The zero-order valence-corrected chi connectivity index (χ0v) is 13.0. The minimum atomic E-state index is -3.42. The van der Waals surface area contributed by atoms with Crippen molar-refractivity contribution in [2.75, 3.05) is 20.2 Å². The van der Waals surface area contributed by atoms with Crippen molar-refractivity contribution >= 4 is 10.0 Å². The molecule has 0 aliphatic carbocycles. The molecule has 4 nitrogen and oxygen atoms in total.